The zero-order chi connectivity index (χ0) is 16.9. The lowest BCUT2D eigenvalue weighted by atomic mass is 10.1. The van der Waals surface area contributed by atoms with E-state index in [0.29, 0.717) is 31.2 Å². The van der Waals surface area contributed by atoms with Gasteiger partial charge in [-0.3, -0.25) is 9.48 Å². The highest BCUT2D eigenvalue weighted by atomic mass is 16.3. The predicted octanol–water partition coefficient (Wildman–Crippen LogP) is 2.22. The van der Waals surface area contributed by atoms with Gasteiger partial charge in [0.05, 0.1) is 18.2 Å². The molecule has 5 heteroatoms. The number of nitrogens with one attached hydrogen (secondary N) is 1. The van der Waals surface area contributed by atoms with E-state index in [4.69, 9.17) is 0 Å². The number of rotatable bonds is 8. The smallest absolute Gasteiger partial charge is 0.224 e. The summed E-state index contributed by atoms with van der Waals surface area (Å²) in [7, 11) is 0. The van der Waals surface area contributed by atoms with Crippen LogP contribution >= 0.6 is 0 Å². The first-order valence-corrected chi connectivity index (χ1v) is 8.18. The highest BCUT2D eigenvalue weighted by Gasteiger charge is 2.16. The van der Waals surface area contributed by atoms with Crippen molar-refractivity contribution >= 4 is 5.91 Å². The van der Waals surface area contributed by atoms with Crippen molar-refractivity contribution in [3.8, 4) is 0 Å². The number of hydrogen-bond donors (Lipinski definition) is 2. The van der Waals surface area contributed by atoms with E-state index in [1.54, 1.807) is 0 Å². The van der Waals surface area contributed by atoms with Gasteiger partial charge in [-0.2, -0.15) is 5.10 Å². The van der Waals surface area contributed by atoms with Crippen molar-refractivity contribution in [1.29, 1.82) is 0 Å². The Morgan fingerprint density at radius 1 is 1.23 bits per heavy atom. The fourth-order valence-corrected chi connectivity index (χ4v) is 2.60. The van der Waals surface area contributed by atoms with Gasteiger partial charge in [0.2, 0.25) is 5.91 Å². The highest BCUT2D eigenvalue weighted by Crippen LogP contribution is 2.15. The molecule has 1 aromatic heterocycles. The summed E-state index contributed by atoms with van der Waals surface area (Å²) >= 11 is 0. The van der Waals surface area contributed by atoms with Crippen LogP contribution in [0.25, 0.3) is 0 Å². The number of aromatic nitrogens is 2. The van der Waals surface area contributed by atoms with Crippen LogP contribution in [-0.2, 0) is 17.8 Å². The van der Waals surface area contributed by atoms with Crippen LogP contribution in [-0.4, -0.2) is 33.4 Å². The number of nitrogens with zero attached hydrogens (tertiary/aromatic N) is 2. The number of carbonyl (C=O) groups excluding carboxylic acids is 1. The summed E-state index contributed by atoms with van der Waals surface area (Å²) < 4.78 is 1.98. The lowest BCUT2D eigenvalue weighted by Crippen LogP contribution is -2.33. The molecule has 0 aliphatic carbocycles. The summed E-state index contributed by atoms with van der Waals surface area (Å²) in [5, 5.41) is 17.2. The van der Waals surface area contributed by atoms with Crippen LogP contribution in [0.2, 0.25) is 0 Å². The molecule has 5 nitrogen and oxygen atoms in total. The van der Waals surface area contributed by atoms with Crippen LogP contribution in [0.15, 0.2) is 0 Å². The fourth-order valence-electron chi connectivity index (χ4n) is 2.60. The maximum absolute atomic E-state index is 12.1. The third-order valence-corrected chi connectivity index (χ3v) is 3.69. The summed E-state index contributed by atoms with van der Waals surface area (Å²) in [4.78, 5) is 12.1. The van der Waals surface area contributed by atoms with Crippen molar-refractivity contribution in [3.05, 3.63) is 17.0 Å². The predicted molar refractivity (Wildman–Crippen MR) is 88.7 cm³/mol. The molecule has 0 saturated heterocycles. The summed E-state index contributed by atoms with van der Waals surface area (Å²) in [6.07, 6.45) is 0.546. The number of hydrogen-bond acceptors (Lipinski definition) is 3. The molecule has 2 N–H and O–H groups in total. The van der Waals surface area contributed by atoms with Gasteiger partial charge in [0.1, 0.15) is 0 Å². The zero-order valence-electron chi connectivity index (χ0n) is 14.8. The monoisotopic (exact) mass is 309 g/mol. The second-order valence-electron chi connectivity index (χ2n) is 6.99. The molecule has 1 rings (SSSR count). The van der Waals surface area contributed by atoms with Gasteiger partial charge < -0.3 is 10.4 Å². The molecule has 1 amide bonds. The zero-order valence-corrected chi connectivity index (χ0v) is 14.8. The molecule has 0 aromatic carbocycles. The van der Waals surface area contributed by atoms with Gasteiger partial charge in [0, 0.05) is 24.3 Å². The van der Waals surface area contributed by atoms with Crippen molar-refractivity contribution in [3.63, 3.8) is 0 Å². The third kappa shape index (κ3) is 5.79. The number of aryl methyl sites for hydroxylation is 1. The summed E-state index contributed by atoms with van der Waals surface area (Å²) in [6.45, 7) is 13.6. The van der Waals surface area contributed by atoms with Crippen molar-refractivity contribution in [2.45, 2.75) is 67.0 Å². The Morgan fingerprint density at radius 3 is 2.41 bits per heavy atom. The summed E-state index contributed by atoms with van der Waals surface area (Å²) in [5.41, 5.74) is 2.97. The molecule has 0 radical (unpaired) electrons. The minimum absolute atomic E-state index is 0.0573. The van der Waals surface area contributed by atoms with Gasteiger partial charge in [-0.15, -0.1) is 0 Å². The maximum atomic E-state index is 12.1. The first kappa shape index (κ1) is 18.7. The Balaban J connectivity index is 2.59. The van der Waals surface area contributed by atoms with Crippen molar-refractivity contribution in [2.24, 2.45) is 11.8 Å². The SMILES string of the molecule is Cc1nn(CC(C)C)c(C)c1CC(=O)NCC(O)CC(C)C. The highest BCUT2D eigenvalue weighted by molar-refractivity contribution is 5.79. The number of aliphatic hydroxyl groups excluding tert-OH is 1. The minimum atomic E-state index is -0.477. The molecule has 0 saturated carbocycles. The largest absolute Gasteiger partial charge is 0.391 e. The first-order valence-electron chi connectivity index (χ1n) is 8.18. The Labute approximate surface area is 134 Å². The van der Waals surface area contributed by atoms with E-state index in [1.807, 2.05) is 18.5 Å². The number of amides is 1. The minimum Gasteiger partial charge on any atom is -0.391 e. The molecule has 0 aliphatic heterocycles. The Kier molecular flexibility index (Phi) is 7.07. The lowest BCUT2D eigenvalue weighted by molar-refractivity contribution is -0.121. The third-order valence-electron chi connectivity index (χ3n) is 3.69. The molecule has 22 heavy (non-hydrogen) atoms. The van der Waals surface area contributed by atoms with E-state index < -0.39 is 6.10 Å². The van der Waals surface area contributed by atoms with E-state index in [-0.39, 0.29) is 5.91 Å². The van der Waals surface area contributed by atoms with Gasteiger partial charge in [0.15, 0.2) is 0 Å². The van der Waals surface area contributed by atoms with Gasteiger partial charge in [-0.05, 0) is 32.1 Å². The van der Waals surface area contributed by atoms with Crippen LogP contribution in [0.1, 0.15) is 51.1 Å². The average Bonchev–Trinajstić information content (AvgIpc) is 2.62. The van der Waals surface area contributed by atoms with Gasteiger partial charge in [-0.1, -0.05) is 27.7 Å². The quantitative estimate of drug-likeness (QED) is 0.774. The van der Waals surface area contributed by atoms with Crippen LogP contribution in [0.5, 0.6) is 0 Å². The van der Waals surface area contributed by atoms with Crippen molar-refractivity contribution in [1.82, 2.24) is 15.1 Å². The lowest BCUT2D eigenvalue weighted by Gasteiger charge is -2.14. The average molecular weight is 309 g/mol. The van der Waals surface area contributed by atoms with Gasteiger partial charge in [-0.25, -0.2) is 0 Å². The van der Waals surface area contributed by atoms with E-state index in [1.165, 1.54) is 0 Å². The van der Waals surface area contributed by atoms with Crippen molar-refractivity contribution < 1.29 is 9.90 Å². The van der Waals surface area contributed by atoms with Crippen molar-refractivity contribution in [2.75, 3.05) is 6.54 Å². The molecule has 1 heterocycles. The van der Waals surface area contributed by atoms with Crippen LogP contribution in [0.3, 0.4) is 0 Å². The molecule has 1 atom stereocenters. The molecule has 0 bridgehead atoms. The van der Waals surface area contributed by atoms with E-state index in [9.17, 15) is 9.90 Å². The summed E-state index contributed by atoms with van der Waals surface area (Å²) in [6, 6.07) is 0. The molecular weight excluding hydrogens is 278 g/mol. The molecule has 0 fully saturated rings. The van der Waals surface area contributed by atoms with Crippen LogP contribution in [0, 0.1) is 25.7 Å². The molecule has 1 aromatic rings. The van der Waals surface area contributed by atoms with E-state index in [0.717, 1.165) is 23.5 Å². The van der Waals surface area contributed by atoms with Gasteiger partial charge >= 0.3 is 0 Å². The fraction of sp³-hybridized carbons (Fsp3) is 0.765. The first-order chi connectivity index (χ1) is 10.2. The molecular formula is C17H31N3O2. The standard InChI is InChI=1S/C17H31N3O2/c1-11(2)7-15(21)9-18-17(22)8-16-13(5)19-20(14(16)6)10-12(3)4/h11-12,15,21H,7-10H2,1-6H3,(H,18,22). The van der Waals surface area contributed by atoms with Crippen LogP contribution < -0.4 is 5.32 Å². The molecule has 1 unspecified atom stereocenters. The number of carbonyl (C=O) groups is 1. The second kappa shape index (κ2) is 8.32. The maximum Gasteiger partial charge on any atom is 0.224 e. The van der Waals surface area contributed by atoms with E-state index in [2.05, 4.69) is 38.1 Å². The Bertz CT molecular complexity index is 492. The van der Waals surface area contributed by atoms with Gasteiger partial charge in [0.25, 0.3) is 0 Å². The topological polar surface area (TPSA) is 67.2 Å². The Morgan fingerprint density at radius 2 is 1.86 bits per heavy atom. The molecule has 0 spiro atoms. The molecule has 126 valence electrons. The second-order valence-corrected chi connectivity index (χ2v) is 6.99. The normalized spacial score (nSPS) is 13.0. The van der Waals surface area contributed by atoms with E-state index >= 15 is 0 Å². The molecule has 0 aliphatic rings. The number of aliphatic hydroxyl groups is 1. The summed E-state index contributed by atoms with van der Waals surface area (Å²) in [5.74, 6) is 0.884. The van der Waals surface area contributed by atoms with Crippen LogP contribution in [0.4, 0.5) is 0 Å². The Hall–Kier alpha value is -1.36.